The summed E-state index contributed by atoms with van der Waals surface area (Å²) in [6.45, 7) is 0.676. The second-order valence-corrected chi connectivity index (χ2v) is 7.80. The fourth-order valence-corrected chi connectivity index (χ4v) is 3.88. The predicted octanol–water partition coefficient (Wildman–Crippen LogP) is 5.81. The fraction of sp³-hybridized carbons (Fsp3) is 0.0870. The van der Waals surface area contributed by atoms with Gasteiger partial charge in [0.2, 0.25) is 6.41 Å². The number of pyridine rings is 2. The second kappa shape index (κ2) is 9.52. The number of aromatic nitrogens is 2. The maximum atomic E-state index is 12.1. The van der Waals surface area contributed by atoms with E-state index < -0.39 is 0 Å². The number of carbonyl (C=O) groups excluding carboxylic acids is 1. The number of thiophene rings is 1. The van der Waals surface area contributed by atoms with Crippen LogP contribution in [-0.2, 0) is 11.2 Å². The lowest BCUT2D eigenvalue weighted by Gasteiger charge is -2.22. The van der Waals surface area contributed by atoms with E-state index in [1.54, 1.807) is 40.8 Å². The summed E-state index contributed by atoms with van der Waals surface area (Å²) in [7, 11) is 0. The summed E-state index contributed by atoms with van der Waals surface area (Å²) in [6, 6.07) is 15.1. The largest absolute Gasteiger partial charge is 0.368 e. The standard InChI is InChI=1S/C23H19ClN4OS/c24-20-1-3-21(4-2-20)28(16-29)22-13-19(18-8-12-30-15-18)14-27-23(22)26-11-7-17-5-9-25-10-6-17/h1-6,8-10,12-16H,7,11H2,(H,26,27). The van der Waals surface area contributed by atoms with Crippen LogP contribution >= 0.6 is 22.9 Å². The highest BCUT2D eigenvalue weighted by Gasteiger charge is 2.16. The number of carbonyl (C=O) groups is 1. The molecule has 0 unspecified atom stereocenters. The Kier molecular flexibility index (Phi) is 6.37. The third kappa shape index (κ3) is 4.67. The van der Waals surface area contributed by atoms with Crippen LogP contribution in [0.1, 0.15) is 5.56 Å². The molecule has 1 N–H and O–H groups in total. The van der Waals surface area contributed by atoms with Crippen LogP contribution in [0.3, 0.4) is 0 Å². The van der Waals surface area contributed by atoms with Gasteiger partial charge in [-0.15, -0.1) is 0 Å². The molecule has 0 aliphatic carbocycles. The van der Waals surface area contributed by atoms with Gasteiger partial charge in [-0.25, -0.2) is 4.98 Å². The summed E-state index contributed by atoms with van der Waals surface area (Å²) < 4.78 is 0. The van der Waals surface area contributed by atoms with E-state index in [0.717, 1.165) is 29.6 Å². The van der Waals surface area contributed by atoms with Gasteiger partial charge >= 0.3 is 0 Å². The predicted molar refractivity (Wildman–Crippen MR) is 124 cm³/mol. The van der Waals surface area contributed by atoms with Crippen molar-refractivity contribution in [2.45, 2.75) is 6.42 Å². The van der Waals surface area contributed by atoms with Crippen LogP contribution in [0.4, 0.5) is 17.2 Å². The van der Waals surface area contributed by atoms with E-state index in [9.17, 15) is 4.79 Å². The maximum Gasteiger partial charge on any atom is 0.218 e. The number of rotatable bonds is 8. The normalized spacial score (nSPS) is 10.6. The number of halogens is 1. The molecule has 0 atom stereocenters. The first-order chi connectivity index (χ1) is 14.7. The van der Waals surface area contributed by atoms with Crippen molar-refractivity contribution in [3.8, 4) is 11.1 Å². The summed E-state index contributed by atoms with van der Waals surface area (Å²) >= 11 is 7.64. The molecular weight excluding hydrogens is 416 g/mol. The van der Waals surface area contributed by atoms with Gasteiger partial charge in [0.25, 0.3) is 0 Å². The van der Waals surface area contributed by atoms with Gasteiger partial charge in [-0.3, -0.25) is 14.7 Å². The van der Waals surface area contributed by atoms with Crippen LogP contribution < -0.4 is 10.2 Å². The van der Waals surface area contributed by atoms with E-state index in [0.29, 0.717) is 23.1 Å². The van der Waals surface area contributed by atoms with Crippen molar-refractivity contribution >= 4 is 46.5 Å². The molecule has 0 aliphatic heterocycles. The first kappa shape index (κ1) is 20.1. The molecule has 0 aliphatic rings. The molecule has 4 aromatic rings. The summed E-state index contributed by atoms with van der Waals surface area (Å²) in [4.78, 5) is 22.3. The molecule has 0 radical (unpaired) electrons. The zero-order valence-corrected chi connectivity index (χ0v) is 17.6. The molecule has 1 aromatic carbocycles. The SMILES string of the molecule is O=CN(c1ccc(Cl)cc1)c1cc(-c2ccsc2)cnc1NCCc1ccncc1. The third-order valence-corrected chi connectivity index (χ3v) is 5.58. The van der Waals surface area contributed by atoms with Crippen molar-refractivity contribution in [1.82, 2.24) is 9.97 Å². The van der Waals surface area contributed by atoms with Gasteiger partial charge in [-0.1, -0.05) is 11.6 Å². The minimum Gasteiger partial charge on any atom is -0.368 e. The zero-order chi connectivity index (χ0) is 20.8. The lowest BCUT2D eigenvalue weighted by molar-refractivity contribution is -0.106. The highest BCUT2D eigenvalue weighted by Crippen LogP contribution is 2.34. The summed E-state index contributed by atoms with van der Waals surface area (Å²) in [5.74, 6) is 0.644. The quantitative estimate of drug-likeness (QED) is 0.355. The molecule has 0 fully saturated rings. The highest BCUT2D eigenvalue weighted by molar-refractivity contribution is 7.08. The Balaban J connectivity index is 1.66. The molecule has 5 nitrogen and oxygen atoms in total. The van der Waals surface area contributed by atoms with Crippen molar-refractivity contribution in [2.24, 2.45) is 0 Å². The molecule has 150 valence electrons. The van der Waals surface area contributed by atoms with E-state index in [-0.39, 0.29) is 0 Å². The van der Waals surface area contributed by atoms with Crippen molar-refractivity contribution in [2.75, 3.05) is 16.8 Å². The fourth-order valence-electron chi connectivity index (χ4n) is 3.09. The molecular formula is C23H19ClN4OS. The zero-order valence-electron chi connectivity index (χ0n) is 16.0. The van der Waals surface area contributed by atoms with E-state index in [1.165, 1.54) is 5.56 Å². The molecule has 0 spiro atoms. The van der Waals surface area contributed by atoms with Crippen molar-refractivity contribution in [3.05, 3.63) is 88.5 Å². The highest BCUT2D eigenvalue weighted by atomic mass is 35.5. The van der Waals surface area contributed by atoms with E-state index in [1.807, 2.05) is 48.0 Å². The van der Waals surface area contributed by atoms with E-state index in [2.05, 4.69) is 20.7 Å². The molecule has 4 rings (SSSR count). The monoisotopic (exact) mass is 434 g/mol. The molecule has 30 heavy (non-hydrogen) atoms. The summed E-state index contributed by atoms with van der Waals surface area (Å²) in [6.07, 6.45) is 7.00. The molecule has 1 amide bonds. The lowest BCUT2D eigenvalue weighted by Crippen LogP contribution is -2.18. The Bertz CT molecular complexity index is 1100. The van der Waals surface area contributed by atoms with E-state index >= 15 is 0 Å². The van der Waals surface area contributed by atoms with Crippen LogP contribution in [0, 0.1) is 0 Å². The van der Waals surface area contributed by atoms with Crippen molar-refractivity contribution < 1.29 is 4.79 Å². The third-order valence-electron chi connectivity index (χ3n) is 4.65. The van der Waals surface area contributed by atoms with Crippen LogP contribution in [0.15, 0.2) is 77.9 Å². The smallest absolute Gasteiger partial charge is 0.218 e. The van der Waals surface area contributed by atoms with Gasteiger partial charge in [0.15, 0.2) is 0 Å². The maximum absolute atomic E-state index is 12.1. The number of hydrogen-bond acceptors (Lipinski definition) is 5. The number of anilines is 3. The van der Waals surface area contributed by atoms with Gasteiger partial charge in [-0.05, 0) is 76.8 Å². The Morgan fingerprint density at radius 3 is 2.57 bits per heavy atom. The Morgan fingerprint density at radius 2 is 1.87 bits per heavy atom. The molecule has 7 heteroatoms. The molecule has 0 bridgehead atoms. The number of benzene rings is 1. The van der Waals surface area contributed by atoms with Gasteiger partial charge in [0.05, 0.1) is 5.69 Å². The van der Waals surface area contributed by atoms with Crippen LogP contribution in [-0.4, -0.2) is 22.9 Å². The summed E-state index contributed by atoms with van der Waals surface area (Å²) in [5, 5.41) is 8.07. The number of nitrogens with one attached hydrogen (secondary N) is 1. The van der Waals surface area contributed by atoms with Gasteiger partial charge < -0.3 is 5.32 Å². The molecule has 0 saturated carbocycles. The average Bonchev–Trinajstić information content (AvgIpc) is 3.32. The Morgan fingerprint density at radius 1 is 1.07 bits per heavy atom. The Labute approximate surface area is 184 Å². The minimum atomic E-state index is 0.616. The van der Waals surface area contributed by atoms with Crippen LogP contribution in [0.2, 0.25) is 5.02 Å². The number of nitrogens with zero attached hydrogens (tertiary/aromatic N) is 3. The molecule has 3 aromatic heterocycles. The topological polar surface area (TPSA) is 58.1 Å². The second-order valence-electron chi connectivity index (χ2n) is 6.59. The number of hydrogen-bond donors (Lipinski definition) is 1. The Hall–Kier alpha value is -3.22. The molecule has 3 heterocycles. The lowest BCUT2D eigenvalue weighted by atomic mass is 10.1. The van der Waals surface area contributed by atoms with Crippen molar-refractivity contribution in [1.29, 1.82) is 0 Å². The average molecular weight is 435 g/mol. The summed E-state index contributed by atoms with van der Waals surface area (Å²) in [5.41, 5.74) is 4.60. The van der Waals surface area contributed by atoms with Crippen molar-refractivity contribution in [3.63, 3.8) is 0 Å². The minimum absolute atomic E-state index is 0.616. The van der Waals surface area contributed by atoms with Crippen LogP contribution in [0.5, 0.6) is 0 Å². The van der Waals surface area contributed by atoms with E-state index in [4.69, 9.17) is 11.6 Å². The van der Waals surface area contributed by atoms with Gasteiger partial charge in [0, 0.05) is 41.4 Å². The first-order valence-electron chi connectivity index (χ1n) is 9.40. The van der Waals surface area contributed by atoms with Gasteiger partial charge in [0.1, 0.15) is 5.82 Å². The van der Waals surface area contributed by atoms with Gasteiger partial charge in [-0.2, -0.15) is 11.3 Å². The molecule has 0 saturated heterocycles. The van der Waals surface area contributed by atoms with Crippen LogP contribution in [0.25, 0.3) is 11.1 Å². The first-order valence-corrected chi connectivity index (χ1v) is 10.7. The number of amides is 1.